The van der Waals surface area contributed by atoms with Gasteiger partial charge in [-0.1, -0.05) is 32.9 Å². The van der Waals surface area contributed by atoms with Crippen LogP contribution in [0.3, 0.4) is 0 Å². The van der Waals surface area contributed by atoms with Crippen LogP contribution in [0.5, 0.6) is 0 Å². The number of carbonyl (C=O) groups excluding carboxylic acids is 1. The summed E-state index contributed by atoms with van der Waals surface area (Å²) in [6, 6.07) is 11.6. The number of rotatable bonds is 2. The van der Waals surface area contributed by atoms with Crippen molar-refractivity contribution in [1.29, 1.82) is 0 Å². The lowest BCUT2D eigenvalue weighted by Gasteiger charge is -2.39. The molecular formula is C22H22N4O. The van der Waals surface area contributed by atoms with E-state index in [4.69, 9.17) is 9.97 Å². The fraction of sp³-hybridized carbons (Fsp3) is 0.364. The van der Waals surface area contributed by atoms with Gasteiger partial charge in [0.15, 0.2) is 0 Å². The summed E-state index contributed by atoms with van der Waals surface area (Å²) in [6.07, 6.45) is 5.09. The zero-order valence-corrected chi connectivity index (χ0v) is 15.8. The molecule has 0 spiro atoms. The first-order valence-electron chi connectivity index (χ1n) is 9.39. The number of amides is 1. The first kappa shape index (κ1) is 16.4. The molecule has 3 aromatic rings. The summed E-state index contributed by atoms with van der Waals surface area (Å²) in [6.45, 7) is 6.62. The molecular weight excluding hydrogens is 336 g/mol. The number of pyridine rings is 1. The van der Waals surface area contributed by atoms with Crippen LogP contribution in [0.25, 0.3) is 11.0 Å². The minimum atomic E-state index is -0.691. The normalized spacial score (nSPS) is 27.5. The van der Waals surface area contributed by atoms with E-state index in [0.717, 1.165) is 35.3 Å². The van der Waals surface area contributed by atoms with E-state index in [0.29, 0.717) is 5.69 Å². The van der Waals surface area contributed by atoms with Crippen molar-refractivity contribution in [3.05, 3.63) is 60.2 Å². The van der Waals surface area contributed by atoms with Crippen LogP contribution in [-0.4, -0.2) is 20.9 Å². The van der Waals surface area contributed by atoms with Gasteiger partial charge >= 0.3 is 0 Å². The van der Waals surface area contributed by atoms with Gasteiger partial charge in [0.25, 0.3) is 0 Å². The Morgan fingerprint density at radius 2 is 1.67 bits per heavy atom. The highest BCUT2D eigenvalue weighted by Gasteiger charge is 2.73. The van der Waals surface area contributed by atoms with E-state index in [1.54, 1.807) is 12.4 Å². The standard InChI is InChI=1S/C22H22N4O/c1-20(2)21(3)10-11-22(20,19(27)24-14-7-6-12-23-13-14)18-17(21)25-15-8-4-5-9-16(15)26-18/h4-9,12-13H,10-11H2,1-3H3,(H,24,27)/t21-,22+/m0/s1. The molecule has 0 radical (unpaired) electrons. The molecule has 1 N–H and O–H groups in total. The number of benzene rings is 1. The van der Waals surface area contributed by atoms with Crippen LogP contribution in [-0.2, 0) is 15.6 Å². The lowest BCUT2D eigenvalue weighted by molar-refractivity contribution is -0.125. The van der Waals surface area contributed by atoms with Crippen molar-refractivity contribution in [3.8, 4) is 0 Å². The molecule has 2 aromatic heterocycles. The van der Waals surface area contributed by atoms with Gasteiger partial charge in [0.2, 0.25) is 5.91 Å². The van der Waals surface area contributed by atoms with Crippen LogP contribution in [0.15, 0.2) is 48.8 Å². The van der Waals surface area contributed by atoms with Gasteiger partial charge in [0.1, 0.15) is 0 Å². The molecule has 1 saturated carbocycles. The van der Waals surface area contributed by atoms with Crippen LogP contribution in [0.2, 0.25) is 0 Å². The third-order valence-corrected chi connectivity index (χ3v) is 7.25. The molecule has 27 heavy (non-hydrogen) atoms. The van der Waals surface area contributed by atoms with Gasteiger partial charge in [-0.25, -0.2) is 9.97 Å². The Bertz CT molecular complexity index is 1080. The summed E-state index contributed by atoms with van der Waals surface area (Å²) in [5.74, 6) is -0.00689. The fourth-order valence-electron chi connectivity index (χ4n) is 5.22. The van der Waals surface area contributed by atoms with E-state index in [2.05, 4.69) is 31.1 Å². The minimum Gasteiger partial charge on any atom is -0.324 e. The Labute approximate surface area is 158 Å². The third kappa shape index (κ3) is 1.84. The number of para-hydroxylation sites is 2. The molecule has 5 nitrogen and oxygen atoms in total. The van der Waals surface area contributed by atoms with Gasteiger partial charge in [0.05, 0.1) is 39.7 Å². The first-order valence-corrected chi connectivity index (χ1v) is 9.39. The Balaban J connectivity index is 1.72. The predicted octanol–water partition coefficient (Wildman–Crippen LogP) is 3.99. The minimum absolute atomic E-state index is 0.00689. The van der Waals surface area contributed by atoms with Gasteiger partial charge in [-0.3, -0.25) is 9.78 Å². The number of nitrogens with zero attached hydrogens (tertiary/aromatic N) is 3. The molecule has 0 saturated heterocycles. The van der Waals surface area contributed by atoms with Gasteiger partial charge in [-0.2, -0.15) is 0 Å². The third-order valence-electron chi connectivity index (χ3n) is 7.25. The molecule has 1 aromatic carbocycles. The van der Waals surface area contributed by atoms with Crippen molar-refractivity contribution in [2.24, 2.45) is 5.41 Å². The molecule has 2 heterocycles. The second-order valence-electron chi connectivity index (χ2n) is 8.47. The van der Waals surface area contributed by atoms with Crippen LogP contribution in [0.4, 0.5) is 5.69 Å². The number of nitrogens with one attached hydrogen (secondary N) is 1. The van der Waals surface area contributed by atoms with E-state index >= 15 is 0 Å². The second kappa shape index (κ2) is 5.12. The Morgan fingerprint density at radius 1 is 0.963 bits per heavy atom. The molecule has 5 heteroatoms. The molecule has 1 amide bonds. The smallest absolute Gasteiger partial charge is 0.237 e. The highest BCUT2D eigenvalue weighted by molar-refractivity contribution is 6.01. The summed E-state index contributed by atoms with van der Waals surface area (Å²) in [4.78, 5) is 27.7. The monoisotopic (exact) mass is 358 g/mol. The zero-order valence-electron chi connectivity index (χ0n) is 15.8. The van der Waals surface area contributed by atoms with E-state index in [9.17, 15) is 4.79 Å². The van der Waals surface area contributed by atoms with Crippen molar-refractivity contribution in [2.75, 3.05) is 5.32 Å². The van der Waals surface area contributed by atoms with Crippen molar-refractivity contribution in [1.82, 2.24) is 15.0 Å². The Morgan fingerprint density at radius 3 is 2.33 bits per heavy atom. The van der Waals surface area contributed by atoms with Crippen LogP contribution < -0.4 is 5.32 Å². The molecule has 0 unspecified atom stereocenters. The average Bonchev–Trinajstić information content (AvgIpc) is 2.97. The number of aromatic nitrogens is 3. The maximum Gasteiger partial charge on any atom is 0.237 e. The first-order chi connectivity index (χ1) is 12.9. The van der Waals surface area contributed by atoms with Gasteiger partial charge in [-0.05, 0) is 42.5 Å². The molecule has 136 valence electrons. The SMILES string of the molecule is CC1(C)[C@@]2(C)CC[C@]1(C(=O)Nc1cccnc1)c1nc3ccccc3nc12. The van der Waals surface area contributed by atoms with Crippen molar-refractivity contribution >= 4 is 22.6 Å². The summed E-state index contributed by atoms with van der Waals surface area (Å²) in [5.41, 5.74) is 3.13. The zero-order chi connectivity index (χ0) is 18.9. The fourth-order valence-corrected chi connectivity index (χ4v) is 5.22. The largest absolute Gasteiger partial charge is 0.324 e. The number of hydrogen-bond acceptors (Lipinski definition) is 4. The predicted molar refractivity (Wildman–Crippen MR) is 104 cm³/mol. The highest BCUT2D eigenvalue weighted by atomic mass is 16.2. The second-order valence-corrected chi connectivity index (χ2v) is 8.47. The average molecular weight is 358 g/mol. The molecule has 2 atom stereocenters. The van der Waals surface area contributed by atoms with E-state index in [-0.39, 0.29) is 16.7 Å². The summed E-state index contributed by atoms with van der Waals surface area (Å²) in [5, 5.41) is 3.09. The Kier molecular flexibility index (Phi) is 3.10. The van der Waals surface area contributed by atoms with Gasteiger partial charge < -0.3 is 5.32 Å². The maximum atomic E-state index is 13.6. The molecule has 1 fully saturated rings. The summed E-state index contributed by atoms with van der Waals surface area (Å²) in [7, 11) is 0. The van der Waals surface area contributed by atoms with Gasteiger partial charge in [0, 0.05) is 11.6 Å². The lowest BCUT2D eigenvalue weighted by atomic mass is 9.63. The quantitative estimate of drug-likeness (QED) is 0.752. The van der Waals surface area contributed by atoms with Crippen molar-refractivity contribution < 1.29 is 4.79 Å². The number of anilines is 1. The van der Waals surface area contributed by atoms with Gasteiger partial charge in [-0.15, -0.1) is 0 Å². The van der Waals surface area contributed by atoms with Crippen LogP contribution >= 0.6 is 0 Å². The summed E-state index contributed by atoms with van der Waals surface area (Å²) >= 11 is 0. The molecule has 2 aliphatic rings. The van der Waals surface area contributed by atoms with Crippen LogP contribution in [0, 0.1) is 5.41 Å². The summed E-state index contributed by atoms with van der Waals surface area (Å²) < 4.78 is 0. The molecule has 0 aliphatic heterocycles. The topological polar surface area (TPSA) is 67.8 Å². The molecule has 5 rings (SSSR count). The number of carbonyl (C=O) groups is 1. The highest BCUT2D eigenvalue weighted by Crippen LogP contribution is 2.70. The molecule has 2 aliphatic carbocycles. The number of hydrogen-bond donors (Lipinski definition) is 1. The molecule has 2 bridgehead atoms. The maximum absolute atomic E-state index is 13.6. The lowest BCUT2D eigenvalue weighted by Crippen LogP contribution is -2.48. The van der Waals surface area contributed by atoms with E-state index in [1.165, 1.54) is 0 Å². The van der Waals surface area contributed by atoms with E-state index < -0.39 is 5.41 Å². The van der Waals surface area contributed by atoms with Crippen LogP contribution in [0.1, 0.15) is 45.0 Å². The van der Waals surface area contributed by atoms with Crippen molar-refractivity contribution in [2.45, 2.75) is 44.4 Å². The van der Waals surface area contributed by atoms with Crippen molar-refractivity contribution in [3.63, 3.8) is 0 Å². The van der Waals surface area contributed by atoms with E-state index in [1.807, 2.05) is 36.4 Å². The Hall–Kier alpha value is -2.82. The number of fused-ring (bicyclic) bond motifs is 6.